The molecule has 64 heavy (non-hydrogen) atoms. The highest BCUT2D eigenvalue weighted by Crippen LogP contribution is 2.38. The summed E-state index contributed by atoms with van der Waals surface area (Å²) in [7, 11) is 1.25. The first-order valence-electron chi connectivity index (χ1n) is 25.2. The Morgan fingerprint density at radius 3 is 1.33 bits per heavy atom. The molecule has 0 spiro atoms. The standard InChI is InChI=1S/C55H95N2O6P/c1-6-8-10-12-14-16-18-20-21-22-23-24-25-26-27-28-29-30-31-32-33-34-35-37-39-41-43-45-47-49-55(59)56-53(52-63-64(60,61)62-51-50-57(3,4)5)54(58)48-46-44-42-40-38-36-19-17-15-13-11-9-7-2/h8,10,14,16,20-21,23-24,26-27,29-30,32-33,35,37,41,43,53-54,58H,6-7,9,11-13,15,17-19,22,25,28,31,34,36,38-40,42,44-52H2,1-5H3,(H-,56,59,60,61)/b10-8-,16-14-,21-20-,24-23-,27-26-,30-29-,33-32-,37-35-,43-41-. The lowest BCUT2D eigenvalue weighted by Gasteiger charge is -2.30. The number of hydrogen-bond donors (Lipinski definition) is 2. The van der Waals surface area contributed by atoms with Gasteiger partial charge in [0.1, 0.15) is 13.2 Å². The highest BCUT2D eigenvalue weighted by molar-refractivity contribution is 7.45. The van der Waals surface area contributed by atoms with Crippen LogP contribution in [0.1, 0.15) is 181 Å². The van der Waals surface area contributed by atoms with Crippen LogP contribution in [-0.4, -0.2) is 68.5 Å². The van der Waals surface area contributed by atoms with Crippen LogP contribution >= 0.6 is 7.82 Å². The summed E-state index contributed by atoms with van der Waals surface area (Å²) in [6, 6.07) is -0.838. The summed E-state index contributed by atoms with van der Waals surface area (Å²) < 4.78 is 23.3. The van der Waals surface area contributed by atoms with Crippen LogP contribution in [0.5, 0.6) is 0 Å². The van der Waals surface area contributed by atoms with Crippen LogP contribution in [0.15, 0.2) is 109 Å². The summed E-state index contributed by atoms with van der Waals surface area (Å²) in [5, 5.41) is 13.9. The number of aliphatic hydroxyl groups excluding tert-OH is 1. The lowest BCUT2D eigenvalue weighted by molar-refractivity contribution is -0.870. The molecule has 0 rings (SSSR count). The van der Waals surface area contributed by atoms with Crippen molar-refractivity contribution in [3.63, 3.8) is 0 Å². The van der Waals surface area contributed by atoms with E-state index in [1.165, 1.54) is 64.2 Å². The summed E-state index contributed by atoms with van der Waals surface area (Å²) in [6.07, 6.45) is 65.4. The molecule has 0 aromatic heterocycles. The van der Waals surface area contributed by atoms with E-state index >= 15 is 0 Å². The summed E-state index contributed by atoms with van der Waals surface area (Å²) in [6.45, 7) is 4.53. The van der Waals surface area contributed by atoms with E-state index in [1.807, 2.05) is 21.1 Å². The van der Waals surface area contributed by atoms with E-state index in [1.54, 1.807) is 0 Å². The second-order valence-electron chi connectivity index (χ2n) is 17.8. The topological polar surface area (TPSA) is 108 Å². The molecule has 0 saturated heterocycles. The first-order chi connectivity index (χ1) is 31.0. The van der Waals surface area contributed by atoms with Crippen molar-refractivity contribution >= 4 is 13.7 Å². The fourth-order valence-corrected chi connectivity index (χ4v) is 7.29. The van der Waals surface area contributed by atoms with Gasteiger partial charge in [-0.2, -0.15) is 0 Å². The van der Waals surface area contributed by atoms with Crippen LogP contribution in [0.25, 0.3) is 0 Å². The van der Waals surface area contributed by atoms with Crippen molar-refractivity contribution in [3.05, 3.63) is 109 Å². The molecule has 0 bridgehead atoms. The molecular formula is C55H95N2O6P. The number of aliphatic hydroxyl groups is 1. The van der Waals surface area contributed by atoms with Gasteiger partial charge in [-0.1, -0.05) is 207 Å². The number of nitrogens with zero attached hydrogens (tertiary/aromatic N) is 1. The third kappa shape index (κ3) is 47.1. The van der Waals surface area contributed by atoms with Gasteiger partial charge >= 0.3 is 0 Å². The molecule has 0 aromatic carbocycles. The predicted octanol–water partition coefficient (Wildman–Crippen LogP) is 14.2. The van der Waals surface area contributed by atoms with Crippen molar-refractivity contribution in [1.82, 2.24) is 5.32 Å². The van der Waals surface area contributed by atoms with Gasteiger partial charge < -0.3 is 28.8 Å². The van der Waals surface area contributed by atoms with Crippen LogP contribution in [0.4, 0.5) is 0 Å². The first kappa shape index (κ1) is 61.2. The number of quaternary nitrogens is 1. The highest BCUT2D eigenvalue weighted by Gasteiger charge is 2.24. The van der Waals surface area contributed by atoms with E-state index in [2.05, 4.69) is 129 Å². The van der Waals surface area contributed by atoms with Crippen molar-refractivity contribution in [2.45, 2.75) is 193 Å². The molecule has 366 valence electrons. The zero-order chi connectivity index (χ0) is 47.1. The zero-order valence-corrected chi connectivity index (χ0v) is 42.3. The van der Waals surface area contributed by atoms with E-state index in [0.29, 0.717) is 23.9 Å². The average Bonchev–Trinajstić information content (AvgIpc) is 3.25. The minimum Gasteiger partial charge on any atom is -0.756 e. The summed E-state index contributed by atoms with van der Waals surface area (Å²) in [5.74, 6) is -0.228. The number of likely N-dealkylation sites (N-methyl/N-ethyl adjacent to an activating group) is 1. The maximum absolute atomic E-state index is 12.9. The number of carbonyl (C=O) groups is 1. The Morgan fingerprint density at radius 1 is 0.562 bits per heavy atom. The number of phosphoric acid groups is 1. The van der Waals surface area contributed by atoms with Crippen LogP contribution in [-0.2, 0) is 18.4 Å². The summed E-state index contributed by atoms with van der Waals surface area (Å²) in [5.41, 5.74) is 0. The summed E-state index contributed by atoms with van der Waals surface area (Å²) >= 11 is 0. The highest BCUT2D eigenvalue weighted by atomic mass is 31.2. The largest absolute Gasteiger partial charge is 0.756 e. The quantitative estimate of drug-likeness (QED) is 0.0273. The van der Waals surface area contributed by atoms with Crippen molar-refractivity contribution in [1.29, 1.82) is 0 Å². The number of amides is 1. The average molecular weight is 911 g/mol. The predicted molar refractivity (Wildman–Crippen MR) is 274 cm³/mol. The smallest absolute Gasteiger partial charge is 0.268 e. The Kier molecular flexibility index (Phi) is 43.3. The molecule has 0 aliphatic carbocycles. The number of allylic oxidation sites excluding steroid dienone is 18. The van der Waals surface area contributed by atoms with Gasteiger partial charge in [0, 0.05) is 6.42 Å². The number of phosphoric ester groups is 1. The lowest BCUT2D eigenvalue weighted by atomic mass is 10.0. The van der Waals surface area contributed by atoms with Crippen molar-refractivity contribution < 1.29 is 32.9 Å². The van der Waals surface area contributed by atoms with E-state index < -0.39 is 20.0 Å². The Labute approximate surface area is 393 Å². The van der Waals surface area contributed by atoms with Gasteiger partial charge in [-0.3, -0.25) is 9.36 Å². The minimum atomic E-state index is -4.59. The molecule has 0 fully saturated rings. The zero-order valence-electron chi connectivity index (χ0n) is 41.4. The van der Waals surface area contributed by atoms with Crippen molar-refractivity contribution in [2.24, 2.45) is 0 Å². The van der Waals surface area contributed by atoms with E-state index in [4.69, 9.17) is 9.05 Å². The third-order valence-corrected chi connectivity index (χ3v) is 11.5. The number of hydrogen-bond acceptors (Lipinski definition) is 6. The molecular weight excluding hydrogens is 816 g/mol. The second kappa shape index (κ2) is 45.3. The van der Waals surface area contributed by atoms with Crippen molar-refractivity contribution in [2.75, 3.05) is 40.9 Å². The van der Waals surface area contributed by atoms with Crippen LogP contribution in [0, 0.1) is 0 Å². The van der Waals surface area contributed by atoms with Gasteiger partial charge in [0.05, 0.1) is 39.9 Å². The van der Waals surface area contributed by atoms with Gasteiger partial charge in [0.2, 0.25) is 5.91 Å². The SMILES string of the molecule is CC/C=C\C/C=C\C/C=C\C/C=C\C/C=C\C/C=C\C/C=C\C/C=C\C/C=C\CCCC(=O)NC(COP(=O)([O-])OCC[N+](C)(C)C)C(O)CCCCCCCCCCCCCCC. The molecule has 0 heterocycles. The minimum absolute atomic E-state index is 0.00506. The molecule has 0 radical (unpaired) electrons. The van der Waals surface area contributed by atoms with Gasteiger partial charge in [0.15, 0.2) is 0 Å². The van der Waals surface area contributed by atoms with E-state index in [-0.39, 0.29) is 25.5 Å². The molecule has 3 unspecified atom stereocenters. The molecule has 8 nitrogen and oxygen atoms in total. The maximum Gasteiger partial charge on any atom is 0.268 e. The molecule has 2 N–H and O–H groups in total. The Bertz CT molecular complexity index is 1400. The first-order valence-corrected chi connectivity index (χ1v) is 26.7. The third-order valence-electron chi connectivity index (χ3n) is 10.5. The number of unbranched alkanes of at least 4 members (excludes halogenated alkanes) is 13. The van der Waals surface area contributed by atoms with Crippen molar-refractivity contribution in [3.8, 4) is 0 Å². The molecule has 0 aliphatic heterocycles. The van der Waals surface area contributed by atoms with Gasteiger partial charge in [-0.05, 0) is 77.0 Å². The van der Waals surface area contributed by atoms with Crippen LogP contribution in [0.2, 0.25) is 0 Å². The normalized spacial score (nSPS) is 15.0. The second-order valence-corrected chi connectivity index (χ2v) is 19.2. The maximum atomic E-state index is 12.9. The summed E-state index contributed by atoms with van der Waals surface area (Å²) in [4.78, 5) is 25.4. The molecule has 3 atom stereocenters. The van der Waals surface area contributed by atoms with E-state index in [9.17, 15) is 19.4 Å². The van der Waals surface area contributed by atoms with Gasteiger partial charge in [-0.25, -0.2) is 0 Å². The molecule has 0 aromatic rings. The Balaban J connectivity index is 4.38. The van der Waals surface area contributed by atoms with Gasteiger partial charge in [0.25, 0.3) is 7.82 Å². The Hall–Kier alpha value is -2.84. The molecule has 1 amide bonds. The monoisotopic (exact) mass is 911 g/mol. The van der Waals surface area contributed by atoms with E-state index in [0.717, 1.165) is 83.5 Å². The van der Waals surface area contributed by atoms with Crippen LogP contribution in [0.3, 0.4) is 0 Å². The molecule has 0 aliphatic rings. The number of nitrogens with one attached hydrogen (secondary N) is 1. The molecule has 9 heteroatoms. The Morgan fingerprint density at radius 2 is 0.938 bits per heavy atom. The fourth-order valence-electron chi connectivity index (χ4n) is 6.57. The molecule has 0 saturated carbocycles. The van der Waals surface area contributed by atoms with Crippen LogP contribution < -0.4 is 10.2 Å². The van der Waals surface area contributed by atoms with Gasteiger partial charge in [-0.15, -0.1) is 0 Å². The lowest BCUT2D eigenvalue weighted by Crippen LogP contribution is -2.46. The number of rotatable bonds is 44. The number of carbonyl (C=O) groups excluding carboxylic acids is 1. The fraction of sp³-hybridized carbons (Fsp3) is 0.655.